The van der Waals surface area contributed by atoms with Gasteiger partial charge in [-0.25, -0.2) is 0 Å². The average Bonchev–Trinajstić information content (AvgIpc) is 3.07. The van der Waals surface area contributed by atoms with E-state index in [1.807, 2.05) is 24.3 Å². The fourth-order valence-electron chi connectivity index (χ4n) is 4.00. The van der Waals surface area contributed by atoms with Crippen LogP contribution in [0.2, 0.25) is 0 Å². The maximum absolute atomic E-state index is 13.4. The molecule has 31 heavy (non-hydrogen) atoms. The monoisotopic (exact) mass is 421 g/mol. The van der Waals surface area contributed by atoms with Crippen molar-refractivity contribution in [3.8, 4) is 5.75 Å². The number of methoxy groups -OCH3 is 1. The molecule has 0 N–H and O–H groups in total. The van der Waals surface area contributed by atoms with Gasteiger partial charge in [-0.05, 0) is 42.7 Å². The number of hydrogen-bond acceptors (Lipinski definition) is 5. The molecule has 1 aromatic heterocycles. The molecule has 1 amide bonds. The number of unbranched alkanes of at least 4 members (excludes halogenated alkanes) is 1. The van der Waals surface area contributed by atoms with Crippen LogP contribution >= 0.6 is 0 Å². The van der Waals surface area contributed by atoms with Gasteiger partial charge in [0.05, 0.1) is 23.6 Å². The van der Waals surface area contributed by atoms with Crippen LogP contribution in [0, 0.1) is 0 Å². The van der Waals surface area contributed by atoms with E-state index in [2.05, 4.69) is 6.92 Å². The summed E-state index contributed by atoms with van der Waals surface area (Å²) in [6.07, 6.45) is 2.73. The Labute approximate surface area is 181 Å². The molecule has 0 unspecified atom stereocenters. The summed E-state index contributed by atoms with van der Waals surface area (Å²) in [6, 6.07) is 14.2. The Kier molecular flexibility index (Phi) is 6.37. The topological polar surface area (TPSA) is 69.0 Å². The molecule has 3 aromatic rings. The zero-order valence-electron chi connectivity index (χ0n) is 17.9. The number of carbonyl (C=O) groups is 1. The minimum absolute atomic E-state index is 0.134. The van der Waals surface area contributed by atoms with Gasteiger partial charge in [0.1, 0.15) is 11.3 Å². The molecule has 2 heterocycles. The van der Waals surface area contributed by atoms with E-state index in [9.17, 15) is 9.59 Å². The van der Waals surface area contributed by atoms with Gasteiger partial charge >= 0.3 is 0 Å². The first kappa shape index (κ1) is 21.1. The second kappa shape index (κ2) is 9.35. The first-order valence-electron chi connectivity index (χ1n) is 10.7. The molecule has 0 aliphatic carbocycles. The summed E-state index contributed by atoms with van der Waals surface area (Å²) in [5.41, 5.74) is 1.53. The van der Waals surface area contributed by atoms with Crippen LogP contribution in [0.25, 0.3) is 11.0 Å². The lowest BCUT2D eigenvalue weighted by Gasteiger charge is -2.25. The smallest absolute Gasteiger partial charge is 0.290 e. The molecule has 6 nitrogen and oxygen atoms in total. The van der Waals surface area contributed by atoms with Crippen molar-refractivity contribution in [2.45, 2.75) is 32.2 Å². The maximum atomic E-state index is 13.4. The molecule has 1 aliphatic heterocycles. The lowest BCUT2D eigenvalue weighted by atomic mass is 9.98. The first-order valence-corrected chi connectivity index (χ1v) is 10.7. The van der Waals surface area contributed by atoms with Gasteiger partial charge in [0.25, 0.3) is 5.91 Å². The average molecular weight is 421 g/mol. The highest BCUT2D eigenvalue weighted by Crippen LogP contribution is 2.38. The van der Waals surface area contributed by atoms with Crippen molar-refractivity contribution in [1.29, 1.82) is 0 Å². The third kappa shape index (κ3) is 4.08. The Hall–Kier alpha value is -3.12. The second-order valence-corrected chi connectivity index (χ2v) is 7.69. The number of benzene rings is 2. The van der Waals surface area contributed by atoms with Crippen molar-refractivity contribution in [3.63, 3.8) is 0 Å². The number of para-hydroxylation sites is 1. The highest BCUT2D eigenvalue weighted by molar-refractivity contribution is 5.99. The zero-order valence-corrected chi connectivity index (χ0v) is 17.9. The van der Waals surface area contributed by atoms with Crippen LogP contribution in [-0.2, 0) is 4.74 Å². The summed E-state index contributed by atoms with van der Waals surface area (Å²) in [5, 5.41) is 0.484. The second-order valence-electron chi connectivity index (χ2n) is 7.69. The van der Waals surface area contributed by atoms with Crippen molar-refractivity contribution in [2.24, 2.45) is 0 Å². The summed E-state index contributed by atoms with van der Waals surface area (Å²) in [6.45, 7) is 3.78. The standard InChI is InChI=1S/C25H27NO5/c1-3-4-16-30-18-12-10-17(11-13-18)22-21-23(27)19-8-5-6-9-20(19)31-24(21)25(28)26(22)14-7-15-29-2/h5-6,8-13,22H,3-4,7,14-16H2,1-2H3/t22-/m1/s1. The molecule has 0 radical (unpaired) electrons. The molecule has 0 bridgehead atoms. The van der Waals surface area contributed by atoms with E-state index in [4.69, 9.17) is 13.9 Å². The van der Waals surface area contributed by atoms with Crippen molar-refractivity contribution < 1.29 is 18.7 Å². The SMILES string of the molecule is CCCCOc1ccc([C@@H]2c3c(oc4ccccc4c3=O)C(=O)N2CCCOC)cc1. The largest absolute Gasteiger partial charge is 0.494 e. The van der Waals surface area contributed by atoms with E-state index < -0.39 is 6.04 Å². The molecule has 162 valence electrons. The van der Waals surface area contributed by atoms with Gasteiger partial charge in [-0.2, -0.15) is 0 Å². The molecule has 0 saturated heterocycles. The molecule has 0 saturated carbocycles. The van der Waals surface area contributed by atoms with E-state index in [-0.39, 0.29) is 17.1 Å². The van der Waals surface area contributed by atoms with Crippen molar-refractivity contribution in [3.05, 3.63) is 75.6 Å². The van der Waals surface area contributed by atoms with E-state index >= 15 is 0 Å². The third-order valence-electron chi connectivity index (χ3n) is 5.58. The van der Waals surface area contributed by atoms with Crippen LogP contribution in [0.3, 0.4) is 0 Å². The minimum atomic E-state index is -0.495. The van der Waals surface area contributed by atoms with E-state index in [0.29, 0.717) is 42.7 Å². The van der Waals surface area contributed by atoms with E-state index in [0.717, 1.165) is 24.2 Å². The molecule has 6 heteroatoms. The lowest BCUT2D eigenvalue weighted by molar-refractivity contribution is 0.0708. The fourth-order valence-corrected chi connectivity index (χ4v) is 4.00. The van der Waals surface area contributed by atoms with E-state index in [1.54, 1.807) is 36.3 Å². The molecule has 4 rings (SSSR count). The Morgan fingerprint density at radius 3 is 2.52 bits per heavy atom. The highest BCUT2D eigenvalue weighted by Gasteiger charge is 2.42. The van der Waals surface area contributed by atoms with Crippen LogP contribution in [0.4, 0.5) is 0 Å². The fraction of sp³-hybridized carbons (Fsp3) is 0.360. The quantitative estimate of drug-likeness (QED) is 0.474. The first-order chi connectivity index (χ1) is 15.2. The van der Waals surface area contributed by atoms with Gasteiger partial charge in [0.2, 0.25) is 5.76 Å². The van der Waals surface area contributed by atoms with E-state index in [1.165, 1.54) is 0 Å². The number of hydrogen-bond donors (Lipinski definition) is 0. The lowest BCUT2D eigenvalue weighted by Crippen LogP contribution is -2.31. The van der Waals surface area contributed by atoms with Crippen LogP contribution in [-0.4, -0.2) is 37.7 Å². The molecule has 0 fully saturated rings. The maximum Gasteiger partial charge on any atom is 0.290 e. The minimum Gasteiger partial charge on any atom is -0.494 e. The summed E-state index contributed by atoms with van der Waals surface area (Å²) < 4.78 is 16.9. The Balaban J connectivity index is 1.75. The molecule has 1 aliphatic rings. The van der Waals surface area contributed by atoms with Crippen LogP contribution in [0.5, 0.6) is 5.75 Å². The molecular formula is C25H27NO5. The number of ether oxygens (including phenoxy) is 2. The number of carbonyl (C=O) groups excluding carboxylic acids is 1. The Morgan fingerprint density at radius 2 is 1.77 bits per heavy atom. The predicted octanol–water partition coefficient (Wildman–Crippen LogP) is 4.55. The normalized spacial score (nSPS) is 15.5. The van der Waals surface area contributed by atoms with Crippen molar-refractivity contribution in [1.82, 2.24) is 4.90 Å². The van der Waals surface area contributed by atoms with Crippen molar-refractivity contribution in [2.75, 3.05) is 26.9 Å². The van der Waals surface area contributed by atoms with Gasteiger partial charge in [-0.3, -0.25) is 9.59 Å². The Bertz CT molecular complexity index is 1120. The van der Waals surface area contributed by atoms with Gasteiger partial charge < -0.3 is 18.8 Å². The van der Waals surface area contributed by atoms with Crippen LogP contribution in [0.15, 0.2) is 57.7 Å². The number of rotatable bonds is 9. The number of fused-ring (bicyclic) bond motifs is 2. The third-order valence-corrected chi connectivity index (χ3v) is 5.58. The molecule has 0 spiro atoms. The Morgan fingerprint density at radius 1 is 1.00 bits per heavy atom. The predicted molar refractivity (Wildman–Crippen MR) is 119 cm³/mol. The van der Waals surface area contributed by atoms with Gasteiger partial charge in [0, 0.05) is 20.3 Å². The summed E-state index contributed by atoms with van der Waals surface area (Å²) in [7, 11) is 1.63. The number of nitrogens with zero attached hydrogens (tertiary/aromatic N) is 1. The molecule has 1 atom stereocenters. The van der Waals surface area contributed by atoms with Crippen LogP contribution < -0.4 is 10.2 Å². The van der Waals surface area contributed by atoms with Gasteiger partial charge in [0.15, 0.2) is 5.43 Å². The number of amides is 1. The summed E-state index contributed by atoms with van der Waals surface area (Å²) >= 11 is 0. The summed E-state index contributed by atoms with van der Waals surface area (Å²) in [5.74, 6) is 0.648. The highest BCUT2D eigenvalue weighted by atomic mass is 16.5. The molecule has 2 aromatic carbocycles. The molecular weight excluding hydrogens is 394 g/mol. The zero-order chi connectivity index (χ0) is 21.8. The van der Waals surface area contributed by atoms with Crippen LogP contribution in [0.1, 0.15) is 53.9 Å². The van der Waals surface area contributed by atoms with Gasteiger partial charge in [-0.15, -0.1) is 0 Å². The van der Waals surface area contributed by atoms with Crippen molar-refractivity contribution >= 4 is 16.9 Å². The summed E-state index contributed by atoms with van der Waals surface area (Å²) in [4.78, 5) is 28.3. The van der Waals surface area contributed by atoms with Gasteiger partial charge in [-0.1, -0.05) is 37.6 Å².